The van der Waals surface area contributed by atoms with Crippen molar-refractivity contribution in [2.24, 2.45) is 0 Å². The molecule has 5 nitrogen and oxygen atoms in total. The van der Waals surface area contributed by atoms with Gasteiger partial charge in [0.15, 0.2) is 0 Å². The average Bonchev–Trinajstić information content (AvgIpc) is 3.05. The lowest BCUT2D eigenvalue weighted by atomic mass is 10.1. The number of unbranched alkanes of at least 4 members (excludes halogenated alkanes) is 2. The highest BCUT2D eigenvalue weighted by atomic mass is 32.1. The van der Waals surface area contributed by atoms with E-state index in [4.69, 9.17) is 0 Å². The van der Waals surface area contributed by atoms with Crippen LogP contribution >= 0.6 is 11.3 Å². The number of hydrogen-bond acceptors (Lipinski definition) is 4. The minimum Gasteiger partial charge on any atom is -0.334 e. The van der Waals surface area contributed by atoms with Crippen molar-refractivity contribution in [3.05, 3.63) is 63.0 Å². The molecule has 148 valence electrons. The predicted molar refractivity (Wildman–Crippen MR) is 115 cm³/mol. The first-order chi connectivity index (χ1) is 13.6. The van der Waals surface area contributed by atoms with Crippen LogP contribution in [0.4, 0.5) is 0 Å². The Labute approximate surface area is 169 Å². The molecule has 3 aromatic rings. The minimum atomic E-state index is -0.0417. The van der Waals surface area contributed by atoms with E-state index >= 15 is 0 Å². The van der Waals surface area contributed by atoms with Crippen molar-refractivity contribution in [3.8, 4) is 0 Å². The van der Waals surface area contributed by atoms with Gasteiger partial charge in [0, 0.05) is 19.6 Å². The van der Waals surface area contributed by atoms with E-state index in [-0.39, 0.29) is 11.5 Å². The molecule has 0 radical (unpaired) electrons. The van der Waals surface area contributed by atoms with Gasteiger partial charge in [-0.1, -0.05) is 50.1 Å². The summed E-state index contributed by atoms with van der Waals surface area (Å²) in [6.07, 6.45) is 4.77. The van der Waals surface area contributed by atoms with Crippen molar-refractivity contribution >= 4 is 27.5 Å². The highest BCUT2D eigenvalue weighted by Crippen LogP contribution is 2.28. The van der Waals surface area contributed by atoms with E-state index in [0.717, 1.165) is 30.4 Å². The molecule has 6 heteroatoms. The first-order valence-corrected chi connectivity index (χ1v) is 10.7. The van der Waals surface area contributed by atoms with Gasteiger partial charge >= 0.3 is 0 Å². The monoisotopic (exact) mass is 397 g/mol. The van der Waals surface area contributed by atoms with Crippen LogP contribution in [0.3, 0.4) is 0 Å². The summed E-state index contributed by atoms with van der Waals surface area (Å²) in [4.78, 5) is 33.6. The van der Waals surface area contributed by atoms with Crippen LogP contribution in [-0.4, -0.2) is 26.9 Å². The number of aromatic nitrogens is 2. The number of benzene rings is 1. The largest absolute Gasteiger partial charge is 0.334 e. The Balaban J connectivity index is 1.91. The third kappa shape index (κ3) is 4.17. The zero-order valence-corrected chi connectivity index (χ0v) is 17.6. The molecular formula is C22H27N3O2S. The third-order valence-corrected chi connectivity index (χ3v) is 6.19. The number of carbonyl (C=O) groups is 1. The Kier molecular flexibility index (Phi) is 6.62. The molecule has 0 unspecified atom stereocenters. The van der Waals surface area contributed by atoms with Crippen LogP contribution in [0.2, 0.25) is 0 Å². The first kappa shape index (κ1) is 20.3. The number of amides is 1. The van der Waals surface area contributed by atoms with Gasteiger partial charge in [-0.25, -0.2) is 4.98 Å². The summed E-state index contributed by atoms with van der Waals surface area (Å²) in [7, 11) is 0. The zero-order valence-electron chi connectivity index (χ0n) is 16.8. The van der Waals surface area contributed by atoms with E-state index in [9.17, 15) is 9.59 Å². The van der Waals surface area contributed by atoms with E-state index in [0.29, 0.717) is 34.7 Å². The number of thiophene rings is 1. The van der Waals surface area contributed by atoms with Gasteiger partial charge in [0.05, 0.1) is 16.6 Å². The molecule has 3 rings (SSSR count). The average molecular weight is 398 g/mol. The van der Waals surface area contributed by atoms with Crippen LogP contribution in [0.25, 0.3) is 10.2 Å². The summed E-state index contributed by atoms with van der Waals surface area (Å²) in [5.74, 6) is -0.0382. The van der Waals surface area contributed by atoms with E-state index < -0.39 is 0 Å². The fourth-order valence-electron chi connectivity index (χ4n) is 3.33. The van der Waals surface area contributed by atoms with Crippen molar-refractivity contribution < 1.29 is 4.79 Å². The molecule has 0 saturated carbocycles. The summed E-state index contributed by atoms with van der Waals surface area (Å²) < 4.78 is 1.67. The highest BCUT2D eigenvalue weighted by Gasteiger charge is 2.23. The summed E-state index contributed by atoms with van der Waals surface area (Å²) in [6, 6.07) is 9.95. The molecule has 2 heterocycles. The lowest BCUT2D eigenvalue weighted by Gasteiger charge is -2.20. The Hall–Kier alpha value is -2.47. The minimum absolute atomic E-state index is 0.0382. The number of nitrogens with zero attached hydrogens (tertiary/aromatic N) is 3. The van der Waals surface area contributed by atoms with Crippen LogP contribution in [0.15, 0.2) is 41.5 Å². The zero-order chi connectivity index (χ0) is 20.1. The van der Waals surface area contributed by atoms with Crippen molar-refractivity contribution in [1.82, 2.24) is 14.5 Å². The maximum Gasteiger partial charge on any atom is 0.264 e. The number of carbonyl (C=O) groups excluding carboxylic acids is 1. The molecule has 0 atom stereocenters. The van der Waals surface area contributed by atoms with E-state index in [1.54, 1.807) is 10.9 Å². The summed E-state index contributed by atoms with van der Waals surface area (Å²) in [5, 5.41) is 0.586. The van der Waals surface area contributed by atoms with Crippen molar-refractivity contribution in [2.45, 2.75) is 53.1 Å². The summed E-state index contributed by atoms with van der Waals surface area (Å²) in [5.41, 5.74) is 1.80. The van der Waals surface area contributed by atoms with Gasteiger partial charge in [0.2, 0.25) is 0 Å². The van der Waals surface area contributed by atoms with Crippen LogP contribution in [-0.2, 0) is 13.1 Å². The molecule has 1 amide bonds. The second-order valence-electron chi connectivity index (χ2n) is 6.99. The second-order valence-corrected chi connectivity index (χ2v) is 7.99. The number of fused-ring (bicyclic) bond motifs is 1. The van der Waals surface area contributed by atoms with Gasteiger partial charge in [0.1, 0.15) is 4.83 Å². The topological polar surface area (TPSA) is 55.2 Å². The van der Waals surface area contributed by atoms with Crippen molar-refractivity contribution in [3.63, 3.8) is 0 Å². The van der Waals surface area contributed by atoms with Crippen LogP contribution in [0.1, 0.15) is 53.9 Å². The molecule has 0 aliphatic carbocycles. The Morgan fingerprint density at radius 1 is 1.18 bits per heavy atom. The smallest absolute Gasteiger partial charge is 0.264 e. The standard InChI is InChI=1S/C22H27N3O2S/c1-4-6-10-13-25-15-23-20-18(21(25)26)16(3)19(28-20)22(27)24(5-2)14-17-11-8-7-9-12-17/h7-9,11-12,15H,4-6,10,13-14H2,1-3H3. The molecule has 1 aromatic carbocycles. The van der Waals surface area contributed by atoms with E-state index in [1.165, 1.54) is 11.3 Å². The van der Waals surface area contributed by atoms with Gasteiger partial charge in [-0.05, 0) is 31.4 Å². The van der Waals surface area contributed by atoms with Crippen LogP contribution < -0.4 is 5.56 Å². The number of hydrogen-bond donors (Lipinski definition) is 0. The van der Waals surface area contributed by atoms with Gasteiger partial charge in [0.25, 0.3) is 11.5 Å². The fraction of sp³-hybridized carbons (Fsp3) is 0.409. The maximum atomic E-state index is 13.2. The molecule has 0 aliphatic heterocycles. The van der Waals surface area contributed by atoms with Crippen LogP contribution in [0.5, 0.6) is 0 Å². The quantitative estimate of drug-likeness (QED) is 0.521. The van der Waals surface area contributed by atoms with E-state index in [2.05, 4.69) is 11.9 Å². The Morgan fingerprint density at radius 3 is 2.61 bits per heavy atom. The molecule has 28 heavy (non-hydrogen) atoms. The molecule has 0 bridgehead atoms. The summed E-state index contributed by atoms with van der Waals surface area (Å²) in [6.45, 7) is 7.81. The predicted octanol–water partition coefficient (Wildman–Crippen LogP) is 4.62. The molecule has 2 aromatic heterocycles. The first-order valence-electron chi connectivity index (χ1n) is 9.88. The van der Waals surface area contributed by atoms with Crippen molar-refractivity contribution in [1.29, 1.82) is 0 Å². The Bertz CT molecular complexity index is 1010. The SMILES string of the molecule is CCCCCn1cnc2sc(C(=O)N(CC)Cc3ccccc3)c(C)c2c1=O. The normalized spacial score (nSPS) is 11.1. The van der Waals surface area contributed by atoms with Gasteiger partial charge in [-0.3, -0.25) is 14.2 Å². The third-order valence-electron chi connectivity index (χ3n) is 5.00. The lowest BCUT2D eigenvalue weighted by Crippen LogP contribution is -2.30. The maximum absolute atomic E-state index is 13.2. The molecule has 0 spiro atoms. The molecule has 0 aliphatic rings. The number of rotatable bonds is 8. The lowest BCUT2D eigenvalue weighted by molar-refractivity contribution is 0.0757. The Morgan fingerprint density at radius 2 is 1.93 bits per heavy atom. The van der Waals surface area contributed by atoms with E-state index in [1.807, 2.05) is 49.1 Å². The molecule has 0 fully saturated rings. The second kappa shape index (κ2) is 9.15. The van der Waals surface area contributed by atoms with Gasteiger partial charge in [-0.15, -0.1) is 11.3 Å². The van der Waals surface area contributed by atoms with Crippen molar-refractivity contribution in [2.75, 3.05) is 6.54 Å². The van der Waals surface area contributed by atoms with Gasteiger partial charge in [-0.2, -0.15) is 0 Å². The molecule has 0 N–H and O–H groups in total. The fourth-order valence-corrected chi connectivity index (χ4v) is 4.44. The highest BCUT2D eigenvalue weighted by molar-refractivity contribution is 7.20. The summed E-state index contributed by atoms with van der Waals surface area (Å²) >= 11 is 1.32. The van der Waals surface area contributed by atoms with Gasteiger partial charge < -0.3 is 4.90 Å². The number of aryl methyl sites for hydroxylation is 2. The molecular weight excluding hydrogens is 370 g/mol. The van der Waals surface area contributed by atoms with Crippen LogP contribution in [0, 0.1) is 6.92 Å². The molecule has 0 saturated heterocycles.